The SMILES string of the molecule is CCc1ccc(NC(=O)COC(=O)c2cccc(Cl)c2Cl)cc1. The van der Waals surface area contributed by atoms with Crippen molar-refractivity contribution in [3.8, 4) is 0 Å². The molecule has 0 aliphatic carbocycles. The number of carbonyl (C=O) groups excluding carboxylic acids is 2. The van der Waals surface area contributed by atoms with Crippen molar-refractivity contribution in [1.29, 1.82) is 0 Å². The van der Waals surface area contributed by atoms with E-state index in [0.717, 1.165) is 6.42 Å². The van der Waals surface area contributed by atoms with Crippen molar-refractivity contribution in [2.45, 2.75) is 13.3 Å². The van der Waals surface area contributed by atoms with E-state index in [4.69, 9.17) is 27.9 Å². The van der Waals surface area contributed by atoms with E-state index in [1.807, 2.05) is 19.1 Å². The van der Waals surface area contributed by atoms with Crippen molar-refractivity contribution in [2.24, 2.45) is 0 Å². The van der Waals surface area contributed by atoms with Gasteiger partial charge >= 0.3 is 5.97 Å². The Balaban J connectivity index is 1.90. The van der Waals surface area contributed by atoms with Crippen LogP contribution in [0.15, 0.2) is 42.5 Å². The van der Waals surface area contributed by atoms with Crippen molar-refractivity contribution >= 4 is 40.8 Å². The van der Waals surface area contributed by atoms with Crippen LogP contribution < -0.4 is 5.32 Å². The van der Waals surface area contributed by atoms with E-state index < -0.39 is 18.5 Å². The molecule has 0 radical (unpaired) electrons. The number of hydrogen-bond donors (Lipinski definition) is 1. The summed E-state index contributed by atoms with van der Waals surface area (Å²) in [6.07, 6.45) is 0.923. The monoisotopic (exact) mass is 351 g/mol. The topological polar surface area (TPSA) is 55.4 Å². The lowest BCUT2D eigenvalue weighted by Gasteiger charge is -2.08. The summed E-state index contributed by atoms with van der Waals surface area (Å²) in [5.41, 5.74) is 1.94. The molecule has 1 amide bonds. The van der Waals surface area contributed by atoms with Gasteiger partial charge in [0.05, 0.1) is 15.6 Å². The molecule has 0 aromatic heterocycles. The zero-order chi connectivity index (χ0) is 16.8. The second-order valence-electron chi connectivity index (χ2n) is 4.78. The van der Waals surface area contributed by atoms with Gasteiger partial charge in [-0.25, -0.2) is 4.79 Å². The lowest BCUT2D eigenvalue weighted by Crippen LogP contribution is -2.21. The molecule has 0 bridgehead atoms. The first-order valence-corrected chi connectivity index (χ1v) is 7.76. The van der Waals surface area contributed by atoms with Gasteiger partial charge in [0, 0.05) is 5.69 Å². The van der Waals surface area contributed by atoms with Gasteiger partial charge in [-0.1, -0.05) is 48.3 Å². The number of aryl methyl sites for hydroxylation is 1. The van der Waals surface area contributed by atoms with Crippen LogP contribution in [0, 0.1) is 0 Å². The number of esters is 1. The number of halogens is 2. The van der Waals surface area contributed by atoms with E-state index in [1.54, 1.807) is 24.3 Å². The van der Waals surface area contributed by atoms with Crippen molar-refractivity contribution in [3.63, 3.8) is 0 Å². The molecule has 2 aromatic carbocycles. The maximum atomic E-state index is 11.9. The summed E-state index contributed by atoms with van der Waals surface area (Å²) >= 11 is 11.8. The van der Waals surface area contributed by atoms with Crippen LogP contribution in [0.5, 0.6) is 0 Å². The Morgan fingerprint density at radius 1 is 1.09 bits per heavy atom. The highest BCUT2D eigenvalue weighted by Crippen LogP contribution is 2.25. The lowest BCUT2D eigenvalue weighted by atomic mass is 10.1. The molecule has 120 valence electrons. The van der Waals surface area contributed by atoms with Gasteiger partial charge in [-0.15, -0.1) is 0 Å². The highest BCUT2D eigenvalue weighted by atomic mass is 35.5. The first-order chi connectivity index (χ1) is 11.0. The summed E-state index contributed by atoms with van der Waals surface area (Å²) in [4.78, 5) is 23.7. The lowest BCUT2D eigenvalue weighted by molar-refractivity contribution is -0.119. The standard InChI is InChI=1S/C17H15Cl2NO3/c1-2-11-6-8-12(9-7-11)20-15(21)10-23-17(22)13-4-3-5-14(18)16(13)19/h3-9H,2,10H2,1H3,(H,20,21). The van der Waals surface area contributed by atoms with Gasteiger partial charge in [0.1, 0.15) is 0 Å². The largest absolute Gasteiger partial charge is 0.452 e. The molecular weight excluding hydrogens is 337 g/mol. The summed E-state index contributed by atoms with van der Waals surface area (Å²) in [7, 11) is 0. The van der Waals surface area contributed by atoms with Crippen LogP contribution in [-0.2, 0) is 16.0 Å². The smallest absolute Gasteiger partial charge is 0.340 e. The van der Waals surface area contributed by atoms with Crippen molar-refractivity contribution < 1.29 is 14.3 Å². The molecule has 1 N–H and O–H groups in total. The highest BCUT2D eigenvalue weighted by Gasteiger charge is 2.15. The predicted molar refractivity (Wildman–Crippen MR) is 91.2 cm³/mol. The number of anilines is 1. The van der Waals surface area contributed by atoms with E-state index >= 15 is 0 Å². The first kappa shape index (κ1) is 17.3. The molecule has 0 fully saturated rings. The predicted octanol–water partition coefficient (Wildman–Crippen LogP) is 4.35. The van der Waals surface area contributed by atoms with Crippen molar-refractivity contribution in [1.82, 2.24) is 0 Å². The van der Waals surface area contributed by atoms with Crippen LogP contribution in [0.3, 0.4) is 0 Å². The molecule has 0 unspecified atom stereocenters. The van der Waals surface area contributed by atoms with Crippen molar-refractivity contribution in [3.05, 3.63) is 63.6 Å². The second kappa shape index (κ2) is 7.99. The number of benzene rings is 2. The van der Waals surface area contributed by atoms with E-state index in [1.165, 1.54) is 11.6 Å². The molecule has 0 atom stereocenters. The Kier molecular flexibility index (Phi) is 6.02. The Bertz CT molecular complexity index is 714. The number of amides is 1. The second-order valence-corrected chi connectivity index (χ2v) is 5.56. The summed E-state index contributed by atoms with van der Waals surface area (Å²) in [6, 6.07) is 12.1. The molecule has 2 aromatic rings. The van der Waals surface area contributed by atoms with Gasteiger partial charge in [0.2, 0.25) is 0 Å². The Morgan fingerprint density at radius 2 is 1.78 bits per heavy atom. The number of nitrogens with one attached hydrogen (secondary N) is 1. The molecule has 0 aliphatic rings. The first-order valence-electron chi connectivity index (χ1n) is 7.01. The molecule has 2 rings (SSSR count). The van der Waals surface area contributed by atoms with Crippen LogP contribution in [0.25, 0.3) is 0 Å². The van der Waals surface area contributed by atoms with Gasteiger partial charge in [-0.05, 0) is 36.2 Å². The summed E-state index contributed by atoms with van der Waals surface area (Å²) in [5, 5.41) is 3.01. The summed E-state index contributed by atoms with van der Waals surface area (Å²) in [6.45, 7) is 1.64. The third-order valence-corrected chi connectivity index (χ3v) is 3.97. The summed E-state index contributed by atoms with van der Waals surface area (Å²) in [5.74, 6) is -1.13. The van der Waals surface area contributed by atoms with Gasteiger partial charge in [0.25, 0.3) is 5.91 Å². The van der Waals surface area contributed by atoms with Gasteiger partial charge in [0.15, 0.2) is 6.61 Å². The minimum absolute atomic E-state index is 0.106. The highest BCUT2D eigenvalue weighted by molar-refractivity contribution is 6.43. The van der Waals surface area contributed by atoms with Crippen molar-refractivity contribution in [2.75, 3.05) is 11.9 Å². The number of rotatable bonds is 5. The molecule has 6 heteroatoms. The van der Waals surface area contributed by atoms with Gasteiger partial charge < -0.3 is 10.1 Å². The number of carbonyl (C=O) groups is 2. The molecule has 0 aliphatic heterocycles. The van der Waals surface area contributed by atoms with E-state index in [0.29, 0.717) is 5.69 Å². The Morgan fingerprint density at radius 3 is 2.43 bits per heavy atom. The zero-order valence-corrected chi connectivity index (χ0v) is 13.9. The fraction of sp³-hybridized carbons (Fsp3) is 0.176. The molecule has 23 heavy (non-hydrogen) atoms. The average Bonchev–Trinajstić information content (AvgIpc) is 2.56. The fourth-order valence-electron chi connectivity index (χ4n) is 1.89. The summed E-state index contributed by atoms with van der Waals surface area (Å²) < 4.78 is 4.95. The molecule has 0 heterocycles. The normalized spacial score (nSPS) is 10.2. The number of ether oxygens (including phenoxy) is 1. The Labute approximate surface area is 144 Å². The van der Waals surface area contributed by atoms with Crippen LogP contribution in [-0.4, -0.2) is 18.5 Å². The number of hydrogen-bond acceptors (Lipinski definition) is 3. The van der Waals surface area contributed by atoms with Crippen LogP contribution in [0.2, 0.25) is 10.0 Å². The minimum atomic E-state index is -0.700. The van der Waals surface area contributed by atoms with Gasteiger partial charge in [-0.2, -0.15) is 0 Å². The van der Waals surface area contributed by atoms with E-state index in [-0.39, 0.29) is 15.6 Å². The Hall–Kier alpha value is -2.04. The molecule has 0 spiro atoms. The van der Waals surface area contributed by atoms with E-state index in [2.05, 4.69) is 5.32 Å². The fourth-order valence-corrected chi connectivity index (χ4v) is 2.27. The molecule has 4 nitrogen and oxygen atoms in total. The average molecular weight is 352 g/mol. The zero-order valence-electron chi connectivity index (χ0n) is 12.4. The van der Waals surface area contributed by atoms with Crippen LogP contribution in [0.4, 0.5) is 5.69 Å². The van der Waals surface area contributed by atoms with Crippen LogP contribution >= 0.6 is 23.2 Å². The van der Waals surface area contributed by atoms with E-state index in [9.17, 15) is 9.59 Å². The molecule has 0 saturated heterocycles. The maximum absolute atomic E-state index is 11.9. The van der Waals surface area contributed by atoms with Gasteiger partial charge in [-0.3, -0.25) is 4.79 Å². The minimum Gasteiger partial charge on any atom is -0.452 e. The maximum Gasteiger partial charge on any atom is 0.340 e. The quantitative estimate of drug-likeness (QED) is 0.814. The third-order valence-electron chi connectivity index (χ3n) is 3.15. The molecule has 0 saturated carbocycles. The van der Waals surface area contributed by atoms with Crippen LogP contribution in [0.1, 0.15) is 22.8 Å². The third kappa shape index (κ3) is 4.71. The molecular formula is C17H15Cl2NO3.